The predicted molar refractivity (Wildman–Crippen MR) is 181 cm³/mol. The van der Waals surface area contributed by atoms with Crippen LogP contribution >= 0.6 is 11.3 Å². The highest BCUT2D eigenvalue weighted by Crippen LogP contribution is 2.42. The summed E-state index contributed by atoms with van der Waals surface area (Å²) in [5, 5.41) is 10.2. The molecule has 4 heterocycles. The maximum absolute atomic E-state index is 14.0. The zero-order valence-electron chi connectivity index (χ0n) is 26.8. The topological polar surface area (TPSA) is 114 Å². The number of carboxylic acids is 1. The molecule has 3 fully saturated rings. The molecule has 1 aliphatic carbocycles. The number of nitrogens with zero attached hydrogens (tertiary/aromatic N) is 5. The van der Waals surface area contributed by atoms with Crippen LogP contribution in [0.2, 0.25) is 0 Å². The Morgan fingerprint density at radius 2 is 1.67 bits per heavy atom. The van der Waals surface area contributed by atoms with E-state index < -0.39 is 27.9 Å². The fraction of sp³-hybridized carbons (Fsp3) is 0.500. The Balaban J connectivity index is 1.27. The van der Waals surface area contributed by atoms with Crippen molar-refractivity contribution in [2.24, 2.45) is 5.92 Å². The van der Waals surface area contributed by atoms with Crippen molar-refractivity contribution in [2.75, 3.05) is 49.1 Å². The predicted octanol–water partition coefficient (Wildman–Crippen LogP) is 5.42. The van der Waals surface area contributed by atoms with Crippen LogP contribution < -0.4 is 9.80 Å². The highest BCUT2D eigenvalue weighted by atomic mass is 32.2. The molecule has 0 spiro atoms. The number of carboxylic acid groups (broad SMARTS) is 1. The number of carbonyl (C=O) groups is 2. The van der Waals surface area contributed by atoms with E-state index in [0.29, 0.717) is 5.69 Å². The number of hydrogen-bond acceptors (Lipinski definition) is 8. The summed E-state index contributed by atoms with van der Waals surface area (Å²) in [4.78, 5) is 38.1. The van der Waals surface area contributed by atoms with E-state index >= 15 is 0 Å². The molecule has 1 atom stereocenters. The smallest absolute Gasteiger partial charge is 0.348 e. The van der Waals surface area contributed by atoms with E-state index in [1.54, 1.807) is 23.1 Å². The van der Waals surface area contributed by atoms with Crippen LogP contribution in [0.25, 0.3) is 10.4 Å². The van der Waals surface area contributed by atoms with Gasteiger partial charge in [0.25, 0.3) is 0 Å². The number of thiophene rings is 1. The van der Waals surface area contributed by atoms with Crippen LogP contribution in [-0.4, -0.2) is 90.4 Å². The lowest BCUT2D eigenvalue weighted by Gasteiger charge is -2.45. The first kappa shape index (κ1) is 32.6. The quantitative estimate of drug-likeness (QED) is 0.356. The number of rotatable bonds is 7. The Hall–Kier alpha value is -3.32. The third-order valence-electron chi connectivity index (χ3n) is 9.63. The van der Waals surface area contributed by atoms with Gasteiger partial charge in [0.15, 0.2) is 0 Å². The molecule has 1 N–H and O–H groups in total. The van der Waals surface area contributed by atoms with Gasteiger partial charge in [-0.25, -0.2) is 18.2 Å². The third kappa shape index (κ3) is 6.58. The number of sulfonamides is 1. The zero-order valence-corrected chi connectivity index (χ0v) is 28.4. The Labute approximate surface area is 275 Å². The van der Waals surface area contributed by atoms with Crippen molar-refractivity contribution in [3.63, 3.8) is 0 Å². The van der Waals surface area contributed by atoms with E-state index in [-0.39, 0.29) is 34.3 Å². The van der Waals surface area contributed by atoms with Crippen molar-refractivity contribution in [1.82, 2.24) is 14.2 Å². The summed E-state index contributed by atoms with van der Waals surface area (Å²) in [6, 6.07) is 14.2. The summed E-state index contributed by atoms with van der Waals surface area (Å²) in [7, 11) is -4.03. The molecular formula is C34H43N5O5S2. The van der Waals surface area contributed by atoms with Crippen LogP contribution in [0, 0.1) is 5.92 Å². The molecule has 10 nitrogen and oxygen atoms in total. The van der Waals surface area contributed by atoms with Crippen LogP contribution in [0.3, 0.4) is 0 Å². The summed E-state index contributed by atoms with van der Waals surface area (Å²) < 4.78 is 29.3. The van der Waals surface area contributed by atoms with Crippen molar-refractivity contribution >= 4 is 44.7 Å². The molecule has 1 aromatic carbocycles. The number of piperazine rings is 2. The molecule has 6 rings (SSSR count). The largest absolute Gasteiger partial charge is 0.477 e. The highest BCUT2D eigenvalue weighted by Gasteiger charge is 2.44. The number of aromatic carboxylic acids is 1. The maximum atomic E-state index is 14.0. The summed E-state index contributed by atoms with van der Waals surface area (Å²) in [5.41, 5.74) is 1.32. The molecule has 2 aromatic heterocycles. The minimum absolute atomic E-state index is 0.0568. The van der Waals surface area contributed by atoms with Gasteiger partial charge in [0.1, 0.15) is 15.6 Å². The minimum Gasteiger partial charge on any atom is -0.477 e. The number of amides is 1. The summed E-state index contributed by atoms with van der Waals surface area (Å²) in [5.74, 6) is -0.712. The van der Waals surface area contributed by atoms with Gasteiger partial charge in [-0.15, -0.1) is 11.3 Å². The molecule has 2 saturated heterocycles. The van der Waals surface area contributed by atoms with Gasteiger partial charge < -0.3 is 14.9 Å². The highest BCUT2D eigenvalue weighted by molar-refractivity contribution is 7.89. The average Bonchev–Trinajstić information content (AvgIpc) is 3.50. The lowest BCUT2D eigenvalue weighted by molar-refractivity contribution is -0.121. The van der Waals surface area contributed by atoms with Gasteiger partial charge >= 0.3 is 5.97 Å². The molecule has 46 heavy (non-hydrogen) atoms. The zero-order chi connectivity index (χ0) is 32.6. The van der Waals surface area contributed by atoms with E-state index in [1.807, 2.05) is 30.3 Å². The van der Waals surface area contributed by atoms with Gasteiger partial charge in [0.2, 0.25) is 15.9 Å². The lowest BCUT2D eigenvalue weighted by atomic mass is 9.82. The van der Waals surface area contributed by atoms with E-state index in [1.165, 1.54) is 10.5 Å². The fourth-order valence-electron chi connectivity index (χ4n) is 7.07. The molecule has 1 unspecified atom stereocenters. The van der Waals surface area contributed by atoms with Gasteiger partial charge in [0, 0.05) is 49.3 Å². The van der Waals surface area contributed by atoms with Crippen molar-refractivity contribution in [3.8, 4) is 10.4 Å². The Kier molecular flexibility index (Phi) is 9.26. The Morgan fingerprint density at radius 3 is 2.28 bits per heavy atom. The summed E-state index contributed by atoms with van der Waals surface area (Å²) in [6.45, 7) is 9.78. The van der Waals surface area contributed by atoms with Crippen molar-refractivity contribution in [3.05, 3.63) is 59.6 Å². The maximum Gasteiger partial charge on any atom is 0.348 e. The van der Waals surface area contributed by atoms with Gasteiger partial charge in [-0.2, -0.15) is 4.31 Å². The van der Waals surface area contributed by atoms with Gasteiger partial charge in [-0.1, -0.05) is 49.6 Å². The molecular weight excluding hydrogens is 623 g/mol. The molecule has 3 aromatic rings. The second-order valence-electron chi connectivity index (χ2n) is 13.5. The van der Waals surface area contributed by atoms with Crippen molar-refractivity contribution in [1.29, 1.82) is 0 Å². The standard InChI is InChI=1S/C34H43N5O5S2/c1-34(2,3)37-18-16-36(17-19-37)30-15-14-26(21-35-30)46(43,44)38-22-28(24-10-6-4-7-11-24)39(31(40)23-38)27-20-29(45-32(27)33(41)42)25-12-8-5-9-13-25/h5,8-9,12-15,20-21,24,28H,4,6-7,10-11,16-19,22-23H2,1-3H3,(H,41,42). The van der Waals surface area contributed by atoms with E-state index in [4.69, 9.17) is 0 Å². The molecule has 1 amide bonds. The van der Waals surface area contributed by atoms with E-state index in [2.05, 4.69) is 35.6 Å². The number of anilines is 2. The van der Waals surface area contributed by atoms with Gasteiger partial charge in [-0.3, -0.25) is 9.69 Å². The molecule has 246 valence electrons. The Morgan fingerprint density at radius 1 is 0.978 bits per heavy atom. The summed E-state index contributed by atoms with van der Waals surface area (Å²) in [6.07, 6.45) is 6.21. The molecule has 0 bridgehead atoms. The second kappa shape index (κ2) is 13.1. The van der Waals surface area contributed by atoms with Crippen LogP contribution in [0.1, 0.15) is 62.5 Å². The van der Waals surface area contributed by atoms with Crippen LogP contribution in [-0.2, 0) is 14.8 Å². The number of aromatic nitrogens is 1. The molecule has 3 aliphatic rings. The lowest BCUT2D eigenvalue weighted by Crippen LogP contribution is -2.60. The van der Waals surface area contributed by atoms with Crippen molar-refractivity contribution < 1.29 is 23.1 Å². The van der Waals surface area contributed by atoms with E-state index in [9.17, 15) is 23.1 Å². The number of pyridine rings is 1. The summed E-state index contributed by atoms with van der Waals surface area (Å²) >= 11 is 1.14. The third-order valence-corrected chi connectivity index (χ3v) is 12.6. The first-order valence-corrected chi connectivity index (χ1v) is 18.4. The van der Waals surface area contributed by atoms with Crippen LogP contribution in [0.15, 0.2) is 59.6 Å². The first-order chi connectivity index (χ1) is 21.9. The fourth-order valence-corrected chi connectivity index (χ4v) is 9.41. The SMILES string of the molecule is CC(C)(C)N1CCN(c2ccc(S(=O)(=O)N3CC(=O)N(c4cc(-c5ccccc5)sc4C(=O)O)C(C4CCCCC4)C3)cn2)CC1. The number of carbonyl (C=O) groups excluding carboxylic acids is 1. The van der Waals surface area contributed by atoms with Gasteiger partial charge in [-0.05, 0) is 63.3 Å². The van der Waals surface area contributed by atoms with Gasteiger partial charge in [0.05, 0.1) is 18.3 Å². The monoisotopic (exact) mass is 665 g/mol. The average molecular weight is 666 g/mol. The molecule has 1 saturated carbocycles. The number of hydrogen-bond donors (Lipinski definition) is 1. The van der Waals surface area contributed by atoms with E-state index in [0.717, 1.165) is 85.9 Å². The Bertz CT molecular complexity index is 1660. The second-order valence-corrected chi connectivity index (χ2v) is 16.5. The molecule has 0 radical (unpaired) electrons. The number of benzene rings is 1. The minimum atomic E-state index is -4.03. The van der Waals surface area contributed by atoms with Crippen molar-refractivity contribution in [2.45, 2.75) is 69.4 Å². The van der Waals surface area contributed by atoms with Crippen LogP contribution in [0.5, 0.6) is 0 Å². The molecule has 2 aliphatic heterocycles. The van der Waals surface area contributed by atoms with Crippen LogP contribution in [0.4, 0.5) is 11.5 Å². The first-order valence-electron chi connectivity index (χ1n) is 16.1. The normalized spacial score (nSPS) is 21.1. The molecule has 12 heteroatoms.